The second-order valence-corrected chi connectivity index (χ2v) is 5.74. The van der Waals surface area contributed by atoms with Crippen LogP contribution in [0, 0.1) is 0 Å². The summed E-state index contributed by atoms with van der Waals surface area (Å²) < 4.78 is 15.5. The maximum atomic E-state index is 12.3. The molecule has 0 aliphatic heterocycles. The number of furan rings is 1. The number of methoxy groups -OCH3 is 1. The van der Waals surface area contributed by atoms with Crippen molar-refractivity contribution in [1.29, 1.82) is 0 Å². The first-order valence-electron chi connectivity index (χ1n) is 8.07. The number of ketones is 1. The largest absolute Gasteiger partial charge is 0.497 e. The number of ether oxygens (including phenoxy) is 2. The van der Waals surface area contributed by atoms with Crippen LogP contribution in [0.5, 0.6) is 5.75 Å². The summed E-state index contributed by atoms with van der Waals surface area (Å²) in [4.78, 5) is 24.2. The van der Waals surface area contributed by atoms with Gasteiger partial charge < -0.3 is 13.9 Å². The molecule has 1 heterocycles. The highest BCUT2D eigenvalue weighted by atomic mass is 16.5. The van der Waals surface area contributed by atoms with Crippen LogP contribution in [0.4, 0.5) is 0 Å². The molecule has 3 aromatic rings. The lowest BCUT2D eigenvalue weighted by molar-refractivity contribution is -0.141. The Bertz CT molecular complexity index is 967. The number of hydrogen-bond acceptors (Lipinski definition) is 5. The van der Waals surface area contributed by atoms with Gasteiger partial charge in [0.25, 0.3) is 0 Å². The summed E-state index contributed by atoms with van der Waals surface area (Å²) in [6.45, 7) is 1.32. The van der Waals surface area contributed by atoms with Crippen molar-refractivity contribution in [2.24, 2.45) is 0 Å². The monoisotopic (exact) mass is 350 g/mol. The molecular weight excluding hydrogens is 332 g/mol. The Kier molecular flexibility index (Phi) is 5.17. The van der Waals surface area contributed by atoms with Crippen LogP contribution in [0.3, 0.4) is 0 Å². The van der Waals surface area contributed by atoms with Crippen LogP contribution in [0.25, 0.3) is 16.8 Å². The van der Waals surface area contributed by atoms with Gasteiger partial charge in [0.05, 0.1) is 13.4 Å². The van der Waals surface area contributed by atoms with Crippen molar-refractivity contribution in [2.45, 2.75) is 13.5 Å². The van der Waals surface area contributed by atoms with Crippen molar-refractivity contribution in [3.05, 3.63) is 71.7 Å². The van der Waals surface area contributed by atoms with Gasteiger partial charge in [-0.3, -0.25) is 4.79 Å². The molecule has 0 atom stereocenters. The maximum Gasteiger partial charge on any atom is 0.342 e. The van der Waals surface area contributed by atoms with Crippen LogP contribution in [0.2, 0.25) is 0 Å². The highest BCUT2D eigenvalue weighted by molar-refractivity contribution is 6.19. The molecule has 0 fully saturated rings. The van der Waals surface area contributed by atoms with Gasteiger partial charge in [0.2, 0.25) is 0 Å². The van der Waals surface area contributed by atoms with Crippen LogP contribution in [0.1, 0.15) is 18.2 Å². The third-order valence-corrected chi connectivity index (χ3v) is 3.91. The molecule has 0 radical (unpaired) electrons. The molecule has 0 saturated heterocycles. The molecular formula is C21H18O5. The first-order valence-corrected chi connectivity index (χ1v) is 8.07. The smallest absolute Gasteiger partial charge is 0.342 e. The third-order valence-electron chi connectivity index (χ3n) is 3.91. The van der Waals surface area contributed by atoms with Crippen LogP contribution in [0.15, 0.2) is 64.8 Å². The molecule has 5 nitrogen and oxygen atoms in total. The Balaban J connectivity index is 1.84. The van der Waals surface area contributed by atoms with E-state index in [4.69, 9.17) is 13.9 Å². The average Bonchev–Trinajstić information content (AvgIpc) is 3.17. The molecule has 5 heteroatoms. The molecule has 26 heavy (non-hydrogen) atoms. The van der Waals surface area contributed by atoms with Crippen molar-refractivity contribution in [2.75, 3.05) is 7.11 Å². The molecule has 2 aromatic carbocycles. The molecule has 0 saturated carbocycles. The quantitative estimate of drug-likeness (QED) is 0.289. The number of carbonyl (C=O) groups excluding carboxylic acids is 2. The zero-order chi connectivity index (χ0) is 18.5. The summed E-state index contributed by atoms with van der Waals surface area (Å²) in [5, 5.41) is 1.98. The topological polar surface area (TPSA) is 65.7 Å². The van der Waals surface area contributed by atoms with Crippen molar-refractivity contribution in [3.63, 3.8) is 0 Å². The third kappa shape index (κ3) is 4.00. The standard InChI is InChI=1S/C21H18O5/c1-14(22)20(21(23)26-13-19-4-3-9-25-19)11-15-5-6-17-12-18(24-2)8-7-16(17)10-15/h3-12H,13H2,1-2H3/b20-11+. The van der Waals surface area contributed by atoms with Crippen LogP contribution >= 0.6 is 0 Å². The first kappa shape index (κ1) is 17.5. The Morgan fingerprint density at radius 1 is 1.08 bits per heavy atom. The summed E-state index contributed by atoms with van der Waals surface area (Å²) in [7, 11) is 1.62. The van der Waals surface area contributed by atoms with Crippen LogP contribution < -0.4 is 4.74 Å². The van der Waals surface area contributed by atoms with E-state index in [9.17, 15) is 9.59 Å². The predicted octanol–water partition coefficient (Wildman–Crippen LogP) is 4.16. The summed E-state index contributed by atoms with van der Waals surface area (Å²) in [6, 6.07) is 14.8. The fourth-order valence-electron chi connectivity index (χ4n) is 2.54. The number of carbonyl (C=O) groups is 2. The van der Waals surface area contributed by atoms with Gasteiger partial charge in [-0.25, -0.2) is 4.79 Å². The van der Waals surface area contributed by atoms with E-state index < -0.39 is 5.97 Å². The lowest BCUT2D eigenvalue weighted by Gasteiger charge is -2.06. The van der Waals surface area contributed by atoms with E-state index in [1.165, 1.54) is 19.3 Å². The maximum absolute atomic E-state index is 12.3. The van der Waals surface area contributed by atoms with E-state index in [0.717, 1.165) is 22.1 Å². The number of esters is 1. The van der Waals surface area contributed by atoms with Gasteiger partial charge >= 0.3 is 5.97 Å². The highest BCUT2D eigenvalue weighted by Gasteiger charge is 2.17. The van der Waals surface area contributed by atoms with Gasteiger partial charge in [0, 0.05) is 0 Å². The van der Waals surface area contributed by atoms with Gasteiger partial charge in [0.15, 0.2) is 5.78 Å². The van der Waals surface area contributed by atoms with Crippen molar-refractivity contribution >= 4 is 28.6 Å². The van der Waals surface area contributed by atoms with E-state index in [1.807, 2.05) is 36.4 Å². The normalized spacial score (nSPS) is 11.4. The molecule has 0 aliphatic rings. The molecule has 0 bridgehead atoms. The Morgan fingerprint density at radius 3 is 2.54 bits per heavy atom. The second kappa shape index (κ2) is 7.70. The van der Waals surface area contributed by atoms with Gasteiger partial charge in [0.1, 0.15) is 23.7 Å². The highest BCUT2D eigenvalue weighted by Crippen LogP contribution is 2.23. The minimum Gasteiger partial charge on any atom is -0.497 e. The molecule has 3 rings (SSSR count). The number of benzene rings is 2. The molecule has 0 spiro atoms. The van der Waals surface area contributed by atoms with Gasteiger partial charge in [-0.15, -0.1) is 0 Å². The number of rotatable bonds is 6. The molecule has 0 N–H and O–H groups in total. The Labute approximate surface area is 150 Å². The van der Waals surface area contributed by atoms with E-state index >= 15 is 0 Å². The minimum atomic E-state index is -0.677. The first-order chi connectivity index (χ1) is 12.6. The van der Waals surface area contributed by atoms with E-state index in [0.29, 0.717) is 5.76 Å². The van der Waals surface area contributed by atoms with E-state index in [2.05, 4.69) is 0 Å². The fourth-order valence-corrected chi connectivity index (χ4v) is 2.54. The zero-order valence-electron chi connectivity index (χ0n) is 14.5. The Hall–Kier alpha value is -3.34. The van der Waals surface area contributed by atoms with Gasteiger partial charge in [-0.1, -0.05) is 18.2 Å². The predicted molar refractivity (Wildman–Crippen MR) is 97.7 cm³/mol. The van der Waals surface area contributed by atoms with Crippen molar-refractivity contribution in [1.82, 2.24) is 0 Å². The molecule has 0 aliphatic carbocycles. The lowest BCUT2D eigenvalue weighted by atomic mass is 10.0. The van der Waals surface area contributed by atoms with Crippen molar-refractivity contribution in [3.8, 4) is 5.75 Å². The number of hydrogen-bond donors (Lipinski definition) is 0. The summed E-state index contributed by atoms with van der Waals surface area (Å²) in [6.07, 6.45) is 3.03. The lowest BCUT2D eigenvalue weighted by Crippen LogP contribution is -2.13. The zero-order valence-corrected chi connectivity index (χ0v) is 14.5. The van der Waals surface area contributed by atoms with Crippen LogP contribution in [-0.4, -0.2) is 18.9 Å². The van der Waals surface area contributed by atoms with Crippen molar-refractivity contribution < 1.29 is 23.5 Å². The van der Waals surface area contributed by atoms with E-state index in [1.54, 1.807) is 19.2 Å². The SMILES string of the molecule is COc1ccc2cc(/C=C(\C(C)=O)C(=O)OCc3ccco3)ccc2c1. The summed E-state index contributed by atoms with van der Waals surface area (Å²) in [5.41, 5.74) is 0.729. The number of fused-ring (bicyclic) bond motifs is 1. The van der Waals surface area contributed by atoms with Gasteiger partial charge in [-0.05, 0) is 59.7 Å². The fraction of sp³-hybridized carbons (Fsp3) is 0.143. The molecule has 132 valence electrons. The second-order valence-electron chi connectivity index (χ2n) is 5.74. The van der Waals surface area contributed by atoms with E-state index in [-0.39, 0.29) is 18.0 Å². The molecule has 1 aromatic heterocycles. The van der Waals surface area contributed by atoms with Gasteiger partial charge in [-0.2, -0.15) is 0 Å². The average molecular weight is 350 g/mol. The minimum absolute atomic E-state index is 0.00980. The summed E-state index contributed by atoms with van der Waals surface area (Å²) in [5.74, 6) is 0.251. The molecule has 0 unspecified atom stereocenters. The Morgan fingerprint density at radius 2 is 1.85 bits per heavy atom. The number of Topliss-reactive ketones (excluding diaryl/α,β-unsaturated/α-hetero) is 1. The summed E-state index contributed by atoms with van der Waals surface area (Å²) >= 11 is 0. The van der Waals surface area contributed by atoms with Crippen LogP contribution in [-0.2, 0) is 20.9 Å². The molecule has 0 amide bonds.